The number of ether oxygens (including phenoxy) is 2. The summed E-state index contributed by atoms with van der Waals surface area (Å²) < 4.78 is 11.2. The van der Waals surface area contributed by atoms with Crippen molar-refractivity contribution in [3.63, 3.8) is 0 Å². The monoisotopic (exact) mass is 316 g/mol. The summed E-state index contributed by atoms with van der Waals surface area (Å²) in [7, 11) is 0. The van der Waals surface area contributed by atoms with E-state index in [-0.39, 0.29) is 5.60 Å². The summed E-state index contributed by atoms with van der Waals surface area (Å²) in [6.07, 6.45) is 14.8. The molecule has 0 aliphatic carbocycles. The predicted molar refractivity (Wildman–Crippen MR) is 97.1 cm³/mol. The molecule has 1 atom stereocenters. The minimum absolute atomic E-state index is 0.0394. The second-order valence-electron chi connectivity index (χ2n) is 6.86. The van der Waals surface area contributed by atoms with E-state index in [1.807, 2.05) is 6.07 Å². The molecular weight excluding hydrogens is 284 g/mol. The number of hydrogen-bond acceptors (Lipinski definition) is 2. The fourth-order valence-corrected chi connectivity index (χ4v) is 2.64. The fourth-order valence-electron chi connectivity index (χ4n) is 2.64. The Morgan fingerprint density at radius 1 is 1.13 bits per heavy atom. The summed E-state index contributed by atoms with van der Waals surface area (Å²) >= 11 is 0. The molecule has 2 rings (SSSR count). The topological polar surface area (TPSA) is 21.8 Å². The molecule has 23 heavy (non-hydrogen) atoms. The van der Waals surface area contributed by atoms with Crippen molar-refractivity contribution in [3.05, 3.63) is 42.0 Å². The van der Waals surface area contributed by atoms with Gasteiger partial charge in [0.1, 0.15) is 18.0 Å². The largest absolute Gasteiger partial charge is 0.490 e. The van der Waals surface area contributed by atoms with Crippen molar-refractivity contribution < 1.29 is 9.47 Å². The highest BCUT2D eigenvalue weighted by Gasteiger charge is 2.40. The maximum Gasteiger partial charge on any atom is 0.123 e. The van der Waals surface area contributed by atoms with Gasteiger partial charge in [-0.05, 0) is 56.7 Å². The molecule has 0 N–H and O–H groups in total. The first kappa shape index (κ1) is 18.1. The van der Waals surface area contributed by atoms with E-state index in [1.165, 1.54) is 44.1 Å². The molecule has 0 radical (unpaired) electrons. The number of rotatable bonds is 12. The van der Waals surface area contributed by atoms with E-state index in [9.17, 15) is 0 Å². The van der Waals surface area contributed by atoms with Gasteiger partial charge in [-0.25, -0.2) is 0 Å². The van der Waals surface area contributed by atoms with E-state index in [4.69, 9.17) is 9.47 Å². The summed E-state index contributed by atoms with van der Waals surface area (Å²) in [6.45, 7) is 5.76. The third kappa shape index (κ3) is 7.69. The zero-order chi connectivity index (χ0) is 16.4. The van der Waals surface area contributed by atoms with Gasteiger partial charge in [0.2, 0.25) is 0 Å². The van der Waals surface area contributed by atoms with Crippen molar-refractivity contribution in [1.82, 2.24) is 0 Å². The zero-order valence-corrected chi connectivity index (χ0v) is 14.9. The van der Waals surface area contributed by atoms with Gasteiger partial charge in [0, 0.05) is 0 Å². The van der Waals surface area contributed by atoms with Crippen LogP contribution in [0.1, 0.15) is 64.4 Å². The fraction of sp³-hybridized carbons (Fsp3) is 0.619. The normalized spacial score (nSPS) is 20.1. The molecule has 1 saturated heterocycles. The molecule has 1 aliphatic rings. The van der Waals surface area contributed by atoms with Gasteiger partial charge in [-0.2, -0.15) is 0 Å². The van der Waals surface area contributed by atoms with Crippen molar-refractivity contribution in [2.45, 2.75) is 70.8 Å². The summed E-state index contributed by atoms with van der Waals surface area (Å²) in [5, 5.41) is 0. The molecule has 1 fully saturated rings. The summed E-state index contributed by atoms with van der Waals surface area (Å²) in [4.78, 5) is 0. The van der Waals surface area contributed by atoms with Crippen LogP contribution in [0.25, 0.3) is 0 Å². The quantitative estimate of drug-likeness (QED) is 0.280. The van der Waals surface area contributed by atoms with Crippen LogP contribution in [0, 0.1) is 0 Å². The first-order valence-electron chi connectivity index (χ1n) is 9.22. The Morgan fingerprint density at radius 3 is 2.70 bits per heavy atom. The van der Waals surface area contributed by atoms with Crippen LogP contribution in [0.3, 0.4) is 0 Å². The Labute approximate surface area is 141 Å². The lowest BCUT2D eigenvalue weighted by Crippen LogP contribution is -2.16. The molecule has 1 unspecified atom stereocenters. The standard InChI is InChI=1S/C21H32O2/c1-3-4-5-6-7-8-9-10-11-13-19-14-12-15-20(16-19)22-17-21(2)18-23-21/h4-5,12,14-16H,3,6-11,13,17-18H2,1-2H3/b5-4+. The highest BCUT2D eigenvalue weighted by molar-refractivity contribution is 5.28. The molecule has 0 saturated carbocycles. The average Bonchev–Trinajstić information content (AvgIpc) is 3.30. The highest BCUT2D eigenvalue weighted by Crippen LogP contribution is 2.27. The number of unbranched alkanes of at least 4 members (excludes halogenated alkanes) is 5. The molecule has 1 aromatic carbocycles. The van der Waals surface area contributed by atoms with Crippen LogP contribution in [-0.4, -0.2) is 18.8 Å². The Balaban J connectivity index is 1.55. The predicted octanol–water partition coefficient (Wildman–Crippen LogP) is 5.70. The van der Waals surface area contributed by atoms with Crippen LogP contribution in [0.2, 0.25) is 0 Å². The van der Waals surface area contributed by atoms with E-state index in [0.717, 1.165) is 25.2 Å². The van der Waals surface area contributed by atoms with Crippen molar-refractivity contribution in [2.24, 2.45) is 0 Å². The van der Waals surface area contributed by atoms with Crippen molar-refractivity contribution >= 4 is 0 Å². The van der Waals surface area contributed by atoms with Crippen LogP contribution >= 0.6 is 0 Å². The van der Waals surface area contributed by atoms with Gasteiger partial charge in [0.05, 0.1) is 6.61 Å². The van der Waals surface area contributed by atoms with Crippen LogP contribution < -0.4 is 4.74 Å². The van der Waals surface area contributed by atoms with Crippen LogP contribution in [0.4, 0.5) is 0 Å². The number of allylic oxidation sites excluding steroid dienone is 2. The summed E-state index contributed by atoms with van der Waals surface area (Å²) in [6, 6.07) is 8.53. The molecular formula is C21H32O2. The number of benzene rings is 1. The molecule has 2 heteroatoms. The lowest BCUT2D eigenvalue weighted by Gasteiger charge is -2.10. The van der Waals surface area contributed by atoms with E-state index >= 15 is 0 Å². The van der Waals surface area contributed by atoms with Crippen LogP contribution in [-0.2, 0) is 11.2 Å². The van der Waals surface area contributed by atoms with Gasteiger partial charge >= 0.3 is 0 Å². The molecule has 2 nitrogen and oxygen atoms in total. The van der Waals surface area contributed by atoms with Crippen molar-refractivity contribution in [3.8, 4) is 5.75 Å². The maximum atomic E-state index is 5.83. The Hall–Kier alpha value is -1.28. The van der Waals surface area contributed by atoms with Gasteiger partial charge in [0.25, 0.3) is 0 Å². The van der Waals surface area contributed by atoms with Crippen LogP contribution in [0.15, 0.2) is 36.4 Å². The van der Waals surface area contributed by atoms with Gasteiger partial charge < -0.3 is 9.47 Å². The summed E-state index contributed by atoms with van der Waals surface area (Å²) in [5.74, 6) is 0.974. The van der Waals surface area contributed by atoms with Gasteiger partial charge in [0.15, 0.2) is 0 Å². The molecule has 1 heterocycles. The third-order valence-electron chi connectivity index (χ3n) is 4.32. The molecule has 128 valence electrons. The lowest BCUT2D eigenvalue weighted by atomic mass is 10.0. The molecule has 0 amide bonds. The molecule has 0 spiro atoms. The van der Waals surface area contributed by atoms with E-state index in [0.29, 0.717) is 6.61 Å². The number of aryl methyl sites for hydroxylation is 1. The maximum absolute atomic E-state index is 5.83. The first-order chi connectivity index (χ1) is 11.2. The molecule has 1 aromatic rings. The average molecular weight is 316 g/mol. The molecule has 0 bridgehead atoms. The second-order valence-corrected chi connectivity index (χ2v) is 6.86. The van der Waals surface area contributed by atoms with Gasteiger partial charge in [-0.1, -0.05) is 50.5 Å². The van der Waals surface area contributed by atoms with Gasteiger partial charge in [-0.3, -0.25) is 0 Å². The summed E-state index contributed by atoms with van der Waals surface area (Å²) in [5.41, 5.74) is 1.35. The van der Waals surface area contributed by atoms with Gasteiger partial charge in [-0.15, -0.1) is 0 Å². The lowest BCUT2D eigenvalue weighted by molar-refractivity contribution is 0.202. The SMILES string of the molecule is CC/C=C/CCCCCCCc1cccc(OCC2(C)CO2)c1. The smallest absolute Gasteiger partial charge is 0.123 e. The van der Waals surface area contributed by atoms with E-state index < -0.39 is 0 Å². The van der Waals surface area contributed by atoms with Crippen molar-refractivity contribution in [1.29, 1.82) is 0 Å². The number of epoxide rings is 1. The van der Waals surface area contributed by atoms with Crippen molar-refractivity contribution in [2.75, 3.05) is 13.2 Å². The Bertz CT molecular complexity index is 474. The van der Waals surface area contributed by atoms with E-state index in [2.05, 4.69) is 44.2 Å². The first-order valence-corrected chi connectivity index (χ1v) is 9.22. The third-order valence-corrected chi connectivity index (χ3v) is 4.32. The Kier molecular flexibility index (Phi) is 7.67. The highest BCUT2D eigenvalue weighted by atomic mass is 16.6. The minimum atomic E-state index is -0.0394. The zero-order valence-electron chi connectivity index (χ0n) is 14.9. The Morgan fingerprint density at radius 2 is 1.91 bits per heavy atom. The molecule has 0 aromatic heterocycles. The molecule has 1 aliphatic heterocycles. The van der Waals surface area contributed by atoms with E-state index in [1.54, 1.807) is 0 Å². The second kappa shape index (κ2) is 9.77. The van der Waals surface area contributed by atoms with Crippen LogP contribution in [0.5, 0.6) is 5.75 Å². The number of hydrogen-bond donors (Lipinski definition) is 0. The minimum Gasteiger partial charge on any atom is -0.490 e.